The molecule has 0 saturated heterocycles. The van der Waals surface area contributed by atoms with E-state index < -0.39 is 26.8 Å². The molecule has 0 radical (unpaired) electrons. The van der Waals surface area contributed by atoms with Gasteiger partial charge in [-0.05, 0) is 0 Å². The Morgan fingerprint density at radius 1 is 0.556 bits per heavy atom. The maximum absolute atomic E-state index is 5.89. The van der Waals surface area contributed by atoms with E-state index in [1.807, 2.05) is 0 Å². The summed E-state index contributed by atoms with van der Waals surface area (Å²) in [4.78, 5) is 0. The van der Waals surface area contributed by atoms with Crippen molar-refractivity contribution in [1.29, 1.82) is 0 Å². The summed E-state index contributed by atoms with van der Waals surface area (Å²) in [6, 6.07) is 31.6. The van der Waals surface area contributed by atoms with Crippen molar-refractivity contribution in [2.24, 2.45) is 0 Å². The topological polar surface area (TPSA) is 18.5 Å². The van der Waals surface area contributed by atoms with Crippen molar-refractivity contribution in [3.8, 4) is 33.8 Å². The van der Waals surface area contributed by atoms with Gasteiger partial charge in [0.2, 0.25) is 0 Å². The van der Waals surface area contributed by atoms with Gasteiger partial charge in [-0.25, -0.2) is 0 Å². The summed E-state index contributed by atoms with van der Waals surface area (Å²) in [5.74, 6) is 1.06. The van der Waals surface area contributed by atoms with E-state index >= 15 is 0 Å². The quantitative estimate of drug-likeness (QED) is 0.316. The second-order valence-corrected chi connectivity index (χ2v) is 29.6. The Kier molecular flexibility index (Phi) is 8.22. The Morgan fingerprint density at radius 2 is 0.944 bits per heavy atom. The Bertz CT molecular complexity index is 1300. The standard InChI is InChI=1S/2C14H11O.C2H7Si.2ClH.Zr/c2*1-15-13-8-4-6-11-9-10-5-2-3-7-12(10)14(11)13;1-3-2;;;/h2*2-9H,1H3;3H,1-2H3;2*1H;/q;;;;;+2/p-2. The van der Waals surface area contributed by atoms with Crippen molar-refractivity contribution < 1.29 is 55.2 Å². The van der Waals surface area contributed by atoms with Crippen LogP contribution >= 0.6 is 0 Å². The number of rotatable bonds is 5. The van der Waals surface area contributed by atoms with E-state index in [1.165, 1.54) is 44.5 Å². The third kappa shape index (κ3) is 4.02. The van der Waals surface area contributed by atoms with Crippen molar-refractivity contribution in [1.82, 2.24) is 0 Å². The molecule has 2 aliphatic rings. The Hall–Kier alpha value is -1.84. The van der Waals surface area contributed by atoms with E-state index in [0.29, 0.717) is 7.25 Å². The van der Waals surface area contributed by atoms with Gasteiger partial charge in [-0.1, -0.05) is 0 Å². The normalized spacial score (nSPS) is 16.1. The minimum atomic E-state index is -2.19. The first-order chi connectivity index (χ1) is 16.7. The van der Waals surface area contributed by atoms with Gasteiger partial charge in [-0.2, -0.15) is 0 Å². The summed E-state index contributed by atoms with van der Waals surface area (Å²) < 4.78 is 12.9. The average Bonchev–Trinajstić information content (AvgIpc) is 3.38. The Morgan fingerprint density at radius 3 is 1.33 bits per heavy atom. The van der Waals surface area contributed by atoms with Gasteiger partial charge in [0.15, 0.2) is 0 Å². The zero-order valence-electron chi connectivity index (χ0n) is 20.9. The number of ether oxygens (including phenoxy) is 2. The minimum absolute atomic E-state index is 0. The fourth-order valence-corrected chi connectivity index (χ4v) is 28.5. The molecule has 0 spiro atoms. The van der Waals surface area contributed by atoms with Crippen LogP contribution in [0.25, 0.3) is 22.3 Å². The van der Waals surface area contributed by atoms with Crippen LogP contribution in [0.1, 0.15) is 29.5 Å². The second kappa shape index (κ2) is 10.9. The zero-order valence-corrected chi connectivity index (χ0v) is 26.0. The molecule has 183 valence electrons. The third-order valence-electron chi connectivity index (χ3n) is 7.59. The molecule has 2 aliphatic carbocycles. The van der Waals surface area contributed by atoms with E-state index in [4.69, 9.17) is 9.47 Å². The van der Waals surface area contributed by atoms with Crippen LogP contribution in [0.3, 0.4) is 0 Å². The van der Waals surface area contributed by atoms with E-state index in [9.17, 15) is 0 Å². The van der Waals surface area contributed by atoms with Gasteiger partial charge in [0.25, 0.3) is 0 Å². The molecule has 2 unspecified atom stereocenters. The van der Waals surface area contributed by atoms with Crippen LogP contribution in [0.15, 0.2) is 84.9 Å². The fourth-order valence-electron chi connectivity index (χ4n) is 6.33. The third-order valence-corrected chi connectivity index (χ3v) is 29.0. The van der Waals surface area contributed by atoms with E-state index in [0.717, 1.165) is 11.5 Å². The number of methoxy groups -OCH3 is 2. The predicted octanol–water partition coefficient (Wildman–Crippen LogP) is 1.15. The SMILES string of the molecule is COc1cccc2c1-c1ccccc1[CH]2[Zr+2]([CH]1c2ccccc2-c2c(OC)cccc21)[SiH](C)C.[Cl-].[Cl-]. The smallest absolute Gasteiger partial charge is 1.00 e. The van der Waals surface area contributed by atoms with Crippen molar-refractivity contribution in [2.45, 2.75) is 20.3 Å². The second-order valence-electron chi connectivity index (χ2n) is 9.54. The summed E-state index contributed by atoms with van der Waals surface area (Å²) in [6.45, 7) is 5.21. The molecule has 4 aromatic carbocycles. The van der Waals surface area contributed by atoms with Crippen LogP contribution < -0.4 is 34.3 Å². The molecule has 0 fully saturated rings. The number of halogens is 2. The summed E-state index contributed by atoms with van der Waals surface area (Å²) in [6.07, 6.45) is 0. The fraction of sp³-hybridized carbons (Fsp3) is 0.200. The van der Waals surface area contributed by atoms with Crippen molar-refractivity contribution in [2.75, 3.05) is 14.2 Å². The average molecular weight is 612 g/mol. The van der Waals surface area contributed by atoms with Crippen LogP contribution in [0.5, 0.6) is 11.5 Å². The Balaban J connectivity index is 0.00000152. The molecule has 0 N–H and O–H groups in total. The molecule has 0 bridgehead atoms. The molecule has 0 aromatic heterocycles. The summed E-state index contributed by atoms with van der Waals surface area (Å²) >= 11 is -2.19. The molecule has 6 heteroatoms. The number of hydrogen-bond donors (Lipinski definition) is 0. The monoisotopic (exact) mass is 609 g/mol. The summed E-state index contributed by atoms with van der Waals surface area (Å²) in [7, 11) is 3.61. The maximum atomic E-state index is 5.89. The largest absolute Gasteiger partial charge is 1.00 e. The predicted molar refractivity (Wildman–Crippen MR) is 139 cm³/mol. The zero-order chi connectivity index (χ0) is 23.4. The molecule has 0 heterocycles. The number of benzene rings is 4. The van der Waals surface area contributed by atoms with Crippen LogP contribution in [-0.4, -0.2) is 20.1 Å². The van der Waals surface area contributed by atoms with Crippen molar-refractivity contribution >= 4 is 5.92 Å². The first-order valence-corrected chi connectivity index (χ1v) is 22.0. The van der Waals surface area contributed by atoms with Crippen LogP contribution in [0, 0.1) is 0 Å². The first kappa shape index (κ1) is 27.2. The van der Waals surface area contributed by atoms with Gasteiger partial charge >= 0.3 is 212 Å². The molecule has 4 aromatic rings. The van der Waals surface area contributed by atoms with E-state index in [1.54, 1.807) is 14.2 Å². The van der Waals surface area contributed by atoms with Gasteiger partial charge in [0.1, 0.15) is 0 Å². The first-order valence-electron chi connectivity index (χ1n) is 12.0. The van der Waals surface area contributed by atoms with Crippen molar-refractivity contribution in [3.05, 3.63) is 107 Å². The molecule has 36 heavy (non-hydrogen) atoms. The van der Waals surface area contributed by atoms with Gasteiger partial charge < -0.3 is 24.8 Å². The van der Waals surface area contributed by atoms with Gasteiger partial charge in [0.05, 0.1) is 0 Å². The molecule has 2 nitrogen and oxygen atoms in total. The molecular formula is C30H29Cl2O2SiZr. The van der Waals surface area contributed by atoms with Gasteiger partial charge in [0, 0.05) is 0 Å². The summed E-state index contributed by atoms with van der Waals surface area (Å²) in [5, 5.41) is 0. The van der Waals surface area contributed by atoms with E-state index in [2.05, 4.69) is 98.0 Å². The minimum Gasteiger partial charge on any atom is -1.00 e. The van der Waals surface area contributed by atoms with Gasteiger partial charge in [-0.15, -0.1) is 0 Å². The number of fused-ring (bicyclic) bond motifs is 6. The van der Waals surface area contributed by atoms with Gasteiger partial charge in [-0.3, -0.25) is 0 Å². The van der Waals surface area contributed by atoms with Crippen LogP contribution in [0.2, 0.25) is 13.1 Å². The Labute approximate surface area is 235 Å². The molecule has 0 amide bonds. The maximum Gasteiger partial charge on any atom is -1.00 e. The van der Waals surface area contributed by atoms with Crippen molar-refractivity contribution in [3.63, 3.8) is 0 Å². The molecule has 2 atom stereocenters. The summed E-state index contributed by atoms with van der Waals surface area (Å²) in [5.41, 5.74) is 11.5. The molecule has 0 aliphatic heterocycles. The van der Waals surface area contributed by atoms with Crippen LogP contribution in [0.4, 0.5) is 0 Å². The molecular weight excluding hydrogens is 583 g/mol. The van der Waals surface area contributed by atoms with Crippen LogP contribution in [-0.2, 0) is 20.9 Å². The number of hydrogen-bond acceptors (Lipinski definition) is 2. The van der Waals surface area contributed by atoms with E-state index in [-0.39, 0.29) is 24.8 Å². The molecule has 6 rings (SSSR count). The molecule has 0 saturated carbocycles.